The molecule has 0 aliphatic carbocycles. The van der Waals surface area contributed by atoms with Crippen molar-refractivity contribution in [3.63, 3.8) is 0 Å². The van der Waals surface area contributed by atoms with Crippen molar-refractivity contribution in [2.75, 3.05) is 26.2 Å². The number of carbonyl (C=O) groups excluding carboxylic acids is 1. The Kier molecular flexibility index (Phi) is 6.22. The van der Waals surface area contributed by atoms with Crippen LogP contribution in [0.3, 0.4) is 0 Å². The van der Waals surface area contributed by atoms with E-state index in [1.54, 1.807) is 17.9 Å². The van der Waals surface area contributed by atoms with Gasteiger partial charge in [0, 0.05) is 26.3 Å². The lowest BCUT2D eigenvalue weighted by Gasteiger charge is -2.33. The van der Waals surface area contributed by atoms with Gasteiger partial charge in [-0.3, -0.25) is 9.48 Å². The van der Waals surface area contributed by atoms with Crippen LogP contribution in [-0.4, -0.2) is 64.2 Å². The molecule has 0 spiro atoms. The molecule has 1 amide bonds. The highest BCUT2D eigenvalue weighted by molar-refractivity contribution is 5.93. The van der Waals surface area contributed by atoms with Gasteiger partial charge in [-0.25, -0.2) is 0 Å². The minimum absolute atomic E-state index is 0.0360. The number of aryl methyl sites for hydroxylation is 1. The minimum atomic E-state index is -4.34. The van der Waals surface area contributed by atoms with Gasteiger partial charge >= 0.3 is 6.18 Å². The van der Waals surface area contributed by atoms with E-state index in [2.05, 4.69) is 10.4 Å². The normalized spacial score (nSPS) is 18.5. The highest BCUT2D eigenvalue weighted by atomic mass is 19.4. The topological polar surface area (TPSA) is 70.4 Å². The van der Waals surface area contributed by atoms with Gasteiger partial charge in [-0.05, 0) is 31.8 Å². The maximum Gasteiger partial charge on any atom is 0.391 e. The van der Waals surface area contributed by atoms with Gasteiger partial charge in [0.25, 0.3) is 5.91 Å². The molecule has 1 aromatic rings. The standard InChI is InChI=1S/C15H23F3N4O2/c1-21-9-12(8-20-21)14(24)19-7-11-2-4-22(5-3-11)10-13(23)6-15(16,17)18/h8-9,11,13,23H,2-7,10H2,1H3,(H,19,24)/t13-/m0/s1. The van der Waals surface area contributed by atoms with Gasteiger partial charge in [-0.15, -0.1) is 0 Å². The van der Waals surface area contributed by atoms with Crippen molar-refractivity contribution >= 4 is 5.91 Å². The Bertz CT molecular complexity index is 539. The van der Waals surface area contributed by atoms with Crippen LogP contribution < -0.4 is 5.32 Å². The van der Waals surface area contributed by atoms with E-state index < -0.39 is 18.7 Å². The smallest absolute Gasteiger partial charge is 0.391 e. The van der Waals surface area contributed by atoms with E-state index in [1.165, 1.54) is 6.20 Å². The molecule has 0 unspecified atom stereocenters. The number of rotatable bonds is 6. The number of aliphatic hydroxyl groups excluding tert-OH is 1. The molecule has 1 aromatic heterocycles. The number of nitrogens with one attached hydrogen (secondary N) is 1. The SMILES string of the molecule is Cn1cc(C(=O)NCC2CCN(C[C@@H](O)CC(F)(F)F)CC2)cn1. The van der Waals surface area contributed by atoms with Gasteiger partial charge in [0.2, 0.25) is 0 Å². The van der Waals surface area contributed by atoms with E-state index >= 15 is 0 Å². The highest BCUT2D eigenvalue weighted by Gasteiger charge is 2.32. The number of hydrogen-bond donors (Lipinski definition) is 2. The molecule has 136 valence electrons. The summed E-state index contributed by atoms with van der Waals surface area (Å²) in [6.07, 6.45) is -2.19. The number of carbonyl (C=O) groups is 1. The Labute approximate surface area is 138 Å². The van der Waals surface area contributed by atoms with E-state index in [1.807, 2.05) is 4.90 Å². The van der Waals surface area contributed by atoms with Crippen LogP contribution in [0.2, 0.25) is 0 Å². The summed E-state index contributed by atoms with van der Waals surface area (Å²) in [4.78, 5) is 13.8. The number of likely N-dealkylation sites (tertiary alicyclic amines) is 1. The van der Waals surface area contributed by atoms with Crippen molar-refractivity contribution in [2.45, 2.75) is 31.5 Å². The summed E-state index contributed by atoms with van der Waals surface area (Å²) in [5.41, 5.74) is 0.505. The van der Waals surface area contributed by atoms with E-state index in [0.29, 0.717) is 31.1 Å². The number of aliphatic hydroxyl groups is 1. The van der Waals surface area contributed by atoms with Gasteiger partial charge in [0.1, 0.15) is 0 Å². The number of nitrogens with zero attached hydrogens (tertiary/aromatic N) is 3. The summed E-state index contributed by atoms with van der Waals surface area (Å²) in [7, 11) is 1.74. The predicted molar refractivity (Wildman–Crippen MR) is 81.4 cm³/mol. The average molecular weight is 348 g/mol. The minimum Gasteiger partial charge on any atom is -0.391 e. The molecule has 1 aliphatic heterocycles. The first-order chi connectivity index (χ1) is 11.2. The Morgan fingerprint density at radius 3 is 2.67 bits per heavy atom. The maximum absolute atomic E-state index is 12.2. The van der Waals surface area contributed by atoms with Crippen LogP contribution in [0.25, 0.3) is 0 Å². The van der Waals surface area contributed by atoms with Crippen LogP contribution in [0.4, 0.5) is 13.2 Å². The van der Waals surface area contributed by atoms with E-state index in [9.17, 15) is 23.1 Å². The molecule has 6 nitrogen and oxygen atoms in total. The van der Waals surface area contributed by atoms with Crippen LogP contribution in [0.15, 0.2) is 12.4 Å². The fourth-order valence-corrected chi connectivity index (χ4v) is 2.88. The summed E-state index contributed by atoms with van der Waals surface area (Å²) in [5.74, 6) is 0.118. The second-order valence-corrected chi connectivity index (χ2v) is 6.33. The number of alkyl halides is 3. The molecular weight excluding hydrogens is 325 g/mol. The second-order valence-electron chi connectivity index (χ2n) is 6.33. The van der Waals surface area contributed by atoms with E-state index in [-0.39, 0.29) is 12.5 Å². The zero-order valence-electron chi connectivity index (χ0n) is 13.6. The van der Waals surface area contributed by atoms with Crippen molar-refractivity contribution < 1.29 is 23.1 Å². The molecule has 0 radical (unpaired) electrons. The molecule has 2 rings (SSSR count). The summed E-state index contributed by atoms with van der Waals surface area (Å²) in [6, 6.07) is 0. The van der Waals surface area contributed by atoms with Gasteiger partial charge in [-0.1, -0.05) is 0 Å². The van der Waals surface area contributed by atoms with Crippen molar-refractivity contribution in [1.82, 2.24) is 20.0 Å². The van der Waals surface area contributed by atoms with Gasteiger partial charge in [-0.2, -0.15) is 18.3 Å². The average Bonchev–Trinajstić information content (AvgIpc) is 2.91. The number of β-amino-alcohol motifs (C(OH)–C–C–N with tert-alkyl or cyclic N) is 1. The number of amides is 1. The molecule has 0 bridgehead atoms. The molecule has 24 heavy (non-hydrogen) atoms. The monoisotopic (exact) mass is 348 g/mol. The van der Waals surface area contributed by atoms with Gasteiger partial charge in [0.05, 0.1) is 24.3 Å². The van der Waals surface area contributed by atoms with Crippen LogP contribution in [0.1, 0.15) is 29.6 Å². The highest BCUT2D eigenvalue weighted by Crippen LogP contribution is 2.23. The molecule has 1 fully saturated rings. The Morgan fingerprint density at radius 2 is 2.12 bits per heavy atom. The summed E-state index contributed by atoms with van der Waals surface area (Å²) >= 11 is 0. The Balaban J connectivity index is 1.66. The molecule has 1 atom stereocenters. The van der Waals surface area contributed by atoms with Crippen molar-refractivity contribution in [3.05, 3.63) is 18.0 Å². The lowest BCUT2D eigenvalue weighted by Crippen LogP contribution is -2.42. The first kappa shape index (κ1) is 18.7. The third kappa shape index (κ3) is 6.12. The van der Waals surface area contributed by atoms with Gasteiger partial charge < -0.3 is 15.3 Å². The fraction of sp³-hybridized carbons (Fsp3) is 0.733. The van der Waals surface area contributed by atoms with Crippen LogP contribution in [0.5, 0.6) is 0 Å². The molecule has 1 saturated heterocycles. The zero-order valence-corrected chi connectivity index (χ0v) is 13.6. The molecule has 1 aliphatic rings. The van der Waals surface area contributed by atoms with Crippen molar-refractivity contribution in [2.24, 2.45) is 13.0 Å². The van der Waals surface area contributed by atoms with Crippen molar-refractivity contribution in [1.29, 1.82) is 0 Å². The Morgan fingerprint density at radius 1 is 1.46 bits per heavy atom. The number of piperidine rings is 1. The third-order valence-electron chi connectivity index (χ3n) is 4.16. The summed E-state index contributed by atoms with van der Waals surface area (Å²) < 4.78 is 38.2. The third-order valence-corrected chi connectivity index (χ3v) is 4.16. The van der Waals surface area contributed by atoms with E-state index in [4.69, 9.17) is 0 Å². The molecule has 0 saturated carbocycles. The second kappa shape index (κ2) is 7.98. The molecule has 9 heteroatoms. The summed E-state index contributed by atoms with van der Waals surface area (Å²) in [6.45, 7) is 1.83. The first-order valence-electron chi connectivity index (χ1n) is 7.97. The fourth-order valence-electron chi connectivity index (χ4n) is 2.88. The summed E-state index contributed by atoms with van der Waals surface area (Å²) in [5, 5.41) is 16.3. The van der Waals surface area contributed by atoms with Crippen LogP contribution in [-0.2, 0) is 7.05 Å². The van der Waals surface area contributed by atoms with E-state index in [0.717, 1.165) is 12.8 Å². The largest absolute Gasteiger partial charge is 0.391 e. The maximum atomic E-state index is 12.2. The van der Waals surface area contributed by atoms with Crippen LogP contribution >= 0.6 is 0 Å². The van der Waals surface area contributed by atoms with Gasteiger partial charge in [0.15, 0.2) is 0 Å². The van der Waals surface area contributed by atoms with Crippen LogP contribution in [0, 0.1) is 5.92 Å². The first-order valence-corrected chi connectivity index (χ1v) is 7.97. The Hall–Kier alpha value is -1.61. The lowest BCUT2D eigenvalue weighted by molar-refractivity contribution is -0.155. The number of halogens is 3. The molecular formula is C15H23F3N4O2. The molecule has 2 heterocycles. The molecule has 2 N–H and O–H groups in total. The number of hydrogen-bond acceptors (Lipinski definition) is 4. The lowest BCUT2D eigenvalue weighted by atomic mass is 9.96. The van der Waals surface area contributed by atoms with Crippen molar-refractivity contribution in [3.8, 4) is 0 Å². The molecule has 0 aromatic carbocycles. The predicted octanol–water partition coefficient (Wildman–Crippen LogP) is 1.18. The quantitative estimate of drug-likeness (QED) is 0.810. The zero-order chi connectivity index (χ0) is 17.7. The number of aromatic nitrogens is 2.